The van der Waals surface area contributed by atoms with E-state index in [1.54, 1.807) is 6.92 Å². The second-order valence-electron chi connectivity index (χ2n) is 3.10. The molecule has 0 fully saturated rings. The molecule has 0 rings (SSSR count). The van der Waals surface area contributed by atoms with Gasteiger partial charge in [-0.25, -0.2) is 0 Å². The van der Waals surface area contributed by atoms with Crippen molar-refractivity contribution in [3.8, 4) is 0 Å². The first-order chi connectivity index (χ1) is 6.15. The molecular weight excluding hydrogens is 166 g/mol. The van der Waals surface area contributed by atoms with E-state index in [4.69, 9.17) is 0 Å². The Labute approximate surface area is 79.9 Å². The lowest BCUT2D eigenvalue weighted by Crippen LogP contribution is -2.39. The summed E-state index contributed by atoms with van der Waals surface area (Å²) in [7, 11) is 0. The van der Waals surface area contributed by atoms with Gasteiger partial charge in [-0.15, -0.1) is 0 Å². The number of carbonyl (C=O) groups excluding carboxylic acids is 2. The monoisotopic (exact) mass is 185 g/mol. The highest BCUT2D eigenvalue weighted by molar-refractivity contribution is 5.88. The fourth-order valence-electron chi connectivity index (χ4n) is 1.13. The third kappa shape index (κ3) is 4.65. The van der Waals surface area contributed by atoms with Crippen molar-refractivity contribution in [2.75, 3.05) is 0 Å². The molecule has 0 heterocycles. The van der Waals surface area contributed by atoms with Gasteiger partial charge in [-0.2, -0.15) is 0 Å². The predicted molar refractivity (Wildman–Crippen MR) is 52.4 cm³/mol. The molecule has 1 amide bonds. The van der Waals surface area contributed by atoms with Crippen LogP contribution in [-0.2, 0) is 9.59 Å². The van der Waals surface area contributed by atoms with E-state index in [2.05, 4.69) is 5.32 Å². The molecule has 1 unspecified atom stereocenters. The Morgan fingerprint density at radius 3 is 2.23 bits per heavy atom. The Hall–Kier alpha value is -0.860. The summed E-state index contributed by atoms with van der Waals surface area (Å²) in [5, 5.41) is 2.71. The molecule has 13 heavy (non-hydrogen) atoms. The van der Waals surface area contributed by atoms with Gasteiger partial charge >= 0.3 is 0 Å². The highest BCUT2D eigenvalue weighted by atomic mass is 16.2. The molecule has 0 aromatic rings. The highest BCUT2D eigenvalue weighted by Crippen LogP contribution is 2.00. The molecular formula is C10H19NO2. The van der Waals surface area contributed by atoms with E-state index < -0.39 is 0 Å². The Balaban J connectivity index is 4.01. The average Bonchev–Trinajstić information content (AvgIpc) is 2.14. The first kappa shape index (κ1) is 12.1. The minimum Gasteiger partial charge on any atom is -0.346 e. The fourth-order valence-corrected chi connectivity index (χ4v) is 1.13. The van der Waals surface area contributed by atoms with Crippen molar-refractivity contribution in [3.05, 3.63) is 0 Å². The summed E-state index contributed by atoms with van der Waals surface area (Å²) < 4.78 is 0. The maximum absolute atomic E-state index is 11.4. The van der Waals surface area contributed by atoms with Gasteiger partial charge in [0.15, 0.2) is 5.78 Å². The van der Waals surface area contributed by atoms with Crippen LogP contribution < -0.4 is 5.32 Å². The average molecular weight is 185 g/mol. The van der Waals surface area contributed by atoms with Gasteiger partial charge in [-0.3, -0.25) is 9.59 Å². The summed E-state index contributed by atoms with van der Waals surface area (Å²) in [5.74, 6) is 0.100. The van der Waals surface area contributed by atoms with E-state index in [1.165, 1.54) is 0 Å². The Bertz CT molecular complexity index is 178. The molecule has 0 saturated carbocycles. The summed E-state index contributed by atoms with van der Waals surface area (Å²) in [6.45, 7) is 5.66. The lowest BCUT2D eigenvalue weighted by atomic mass is 10.1. The zero-order valence-electron chi connectivity index (χ0n) is 8.72. The minimum atomic E-state index is -0.271. The van der Waals surface area contributed by atoms with Crippen LogP contribution in [-0.4, -0.2) is 17.7 Å². The normalized spacial score (nSPS) is 12.2. The second kappa shape index (κ2) is 6.63. The Kier molecular flexibility index (Phi) is 6.20. The predicted octanol–water partition coefficient (Wildman–Crippen LogP) is 1.66. The van der Waals surface area contributed by atoms with Gasteiger partial charge in [-0.1, -0.05) is 20.8 Å². The van der Waals surface area contributed by atoms with Crippen LogP contribution >= 0.6 is 0 Å². The number of rotatable bonds is 6. The zero-order chi connectivity index (χ0) is 10.3. The van der Waals surface area contributed by atoms with Gasteiger partial charge < -0.3 is 5.32 Å². The van der Waals surface area contributed by atoms with Crippen molar-refractivity contribution in [1.82, 2.24) is 5.32 Å². The third-order valence-corrected chi connectivity index (χ3v) is 1.95. The summed E-state index contributed by atoms with van der Waals surface area (Å²) in [6.07, 6.45) is 2.53. The molecule has 0 radical (unpaired) electrons. The van der Waals surface area contributed by atoms with Crippen molar-refractivity contribution < 1.29 is 9.59 Å². The molecule has 3 heteroatoms. The largest absolute Gasteiger partial charge is 0.346 e. The zero-order valence-corrected chi connectivity index (χ0v) is 8.72. The number of nitrogens with one attached hydrogen (secondary N) is 1. The van der Waals surface area contributed by atoms with Crippen LogP contribution in [0.5, 0.6) is 0 Å². The van der Waals surface area contributed by atoms with E-state index in [9.17, 15) is 9.59 Å². The van der Waals surface area contributed by atoms with Crippen LogP contribution in [0.1, 0.15) is 46.5 Å². The maximum atomic E-state index is 11.4. The van der Waals surface area contributed by atoms with Crippen molar-refractivity contribution in [1.29, 1.82) is 0 Å². The van der Waals surface area contributed by atoms with E-state index in [0.29, 0.717) is 19.3 Å². The molecule has 0 spiro atoms. The number of Topliss-reactive ketones (excluding diaryl/α,β-unsaturated/α-hetero) is 1. The van der Waals surface area contributed by atoms with Gasteiger partial charge in [0.1, 0.15) is 0 Å². The number of carbonyl (C=O) groups is 2. The van der Waals surface area contributed by atoms with E-state index >= 15 is 0 Å². The quantitative estimate of drug-likeness (QED) is 0.684. The fraction of sp³-hybridized carbons (Fsp3) is 0.800. The SMILES string of the molecule is CCCC(=O)C(CC)NC(=O)CC. The molecule has 3 nitrogen and oxygen atoms in total. The Morgan fingerprint density at radius 1 is 1.23 bits per heavy atom. The van der Waals surface area contributed by atoms with Gasteiger partial charge in [0.05, 0.1) is 6.04 Å². The smallest absolute Gasteiger partial charge is 0.220 e. The molecule has 0 aromatic heterocycles. The van der Waals surface area contributed by atoms with E-state index in [1.807, 2.05) is 13.8 Å². The van der Waals surface area contributed by atoms with E-state index in [0.717, 1.165) is 6.42 Å². The first-order valence-electron chi connectivity index (χ1n) is 4.97. The number of amides is 1. The van der Waals surface area contributed by atoms with Gasteiger partial charge in [-0.05, 0) is 12.8 Å². The lowest BCUT2D eigenvalue weighted by molar-refractivity contribution is -0.127. The van der Waals surface area contributed by atoms with Crippen molar-refractivity contribution in [2.45, 2.75) is 52.5 Å². The van der Waals surface area contributed by atoms with Crippen LogP contribution in [0.2, 0.25) is 0 Å². The summed E-state index contributed by atoms with van der Waals surface area (Å²) >= 11 is 0. The third-order valence-electron chi connectivity index (χ3n) is 1.95. The molecule has 0 saturated heterocycles. The topological polar surface area (TPSA) is 46.2 Å². The van der Waals surface area contributed by atoms with Crippen LogP contribution in [0.4, 0.5) is 0 Å². The molecule has 1 atom stereocenters. The van der Waals surface area contributed by atoms with Crippen LogP contribution in [0, 0.1) is 0 Å². The highest BCUT2D eigenvalue weighted by Gasteiger charge is 2.16. The Morgan fingerprint density at radius 2 is 1.85 bits per heavy atom. The van der Waals surface area contributed by atoms with Gasteiger partial charge in [0.2, 0.25) is 5.91 Å². The molecule has 1 N–H and O–H groups in total. The summed E-state index contributed by atoms with van der Waals surface area (Å²) in [5.41, 5.74) is 0. The standard InChI is InChI=1S/C10H19NO2/c1-4-7-9(12)8(5-2)11-10(13)6-3/h8H,4-7H2,1-3H3,(H,11,13). The lowest BCUT2D eigenvalue weighted by Gasteiger charge is -2.14. The molecule has 0 bridgehead atoms. The van der Waals surface area contributed by atoms with E-state index in [-0.39, 0.29) is 17.7 Å². The first-order valence-corrected chi connectivity index (χ1v) is 4.97. The molecule has 0 aliphatic rings. The molecule has 0 aliphatic heterocycles. The van der Waals surface area contributed by atoms with Crippen LogP contribution in [0.3, 0.4) is 0 Å². The minimum absolute atomic E-state index is 0.0451. The summed E-state index contributed by atoms with van der Waals surface area (Å²) in [4.78, 5) is 22.4. The van der Waals surface area contributed by atoms with Crippen molar-refractivity contribution in [3.63, 3.8) is 0 Å². The van der Waals surface area contributed by atoms with Gasteiger partial charge in [0.25, 0.3) is 0 Å². The van der Waals surface area contributed by atoms with Crippen molar-refractivity contribution >= 4 is 11.7 Å². The van der Waals surface area contributed by atoms with Gasteiger partial charge in [0, 0.05) is 12.8 Å². The number of ketones is 1. The summed E-state index contributed by atoms with van der Waals surface area (Å²) in [6, 6.07) is -0.271. The van der Waals surface area contributed by atoms with Crippen LogP contribution in [0.15, 0.2) is 0 Å². The molecule has 0 aliphatic carbocycles. The molecule has 0 aromatic carbocycles. The maximum Gasteiger partial charge on any atom is 0.220 e. The number of hydrogen-bond donors (Lipinski definition) is 1. The number of hydrogen-bond acceptors (Lipinski definition) is 2. The van der Waals surface area contributed by atoms with Crippen LogP contribution in [0.25, 0.3) is 0 Å². The van der Waals surface area contributed by atoms with Crippen molar-refractivity contribution in [2.24, 2.45) is 0 Å². The molecule has 76 valence electrons. The second-order valence-corrected chi connectivity index (χ2v) is 3.10.